The molecule has 1 fully saturated rings. The van der Waals surface area contributed by atoms with E-state index in [4.69, 9.17) is 10.5 Å². The zero-order valence-corrected chi connectivity index (χ0v) is 12.4. The Kier molecular flexibility index (Phi) is 3.77. The molecule has 2 aromatic heterocycles. The summed E-state index contributed by atoms with van der Waals surface area (Å²) < 4.78 is 7.39. The van der Waals surface area contributed by atoms with E-state index in [0.717, 1.165) is 0 Å². The number of aliphatic hydroxyl groups excluding tert-OH is 1. The fraction of sp³-hybridized carbons (Fsp3) is 0.538. The van der Waals surface area contributed by atoms with Crippen LogP contribution < -0.4 is 5.73 Å². The molecule has 3 N–H and O–H groups in total. The standard InChI is InChI=1S/C13H18N6O3/c1-18(2)4-8(21)11-7(20)3-9(22-11)19-6-17-10-12(14)15-5-16-13(10)19/h5-7,9,11,20H,3-4H2,1-2H3,(H2,14,15,16)/t7-,9+,11-/m0/s1. The van der Waals surface area contributed by atoms with Crippen molar-refractivity contribution in [2.24, 2.45) is 0 Å². The summed E-state index contributed by atoms with van der Waals surface area (Å²) in [5, 5.41) is 10.1. The third kappa shape index (κ3) is 2.54. The molecule has 1 aliphatic rings. The number of fused-ring (bicyclic) bond motifs is 1. The molecular weight excluding hydrogens is 288 g/mol. The van der Waals surface area contributed by atoms with E-state index in [0.29, 0.717) is 17.6 Å². The number of aliphatic hydroxyl groups is 1. The molecule has 3 heterocycles. The van der Waals surface area contributed by atoms with Crippen LogP contribution in [-0.4, -0.2) is 68.2 Å². The number of likely N-dealkylation sites (N-methyl/N-ethyl adjacent to an activating group) is 1. The summed E-state index contributed by atoms with van der Waals surface area (Å²) in [5.41, 5.74) is 6.74. The summed E-state index contributed by atoms with van der Waals surface area (Å²) in [6, 6.07) is 0. The number of imidazole rings is 1. The minimum absolute atomic E-state index is 0.154. The van der Waals surface area contributed by atoms with Crippen molar-refractivity contribution in [1.82, 2.24) is 24.4 Å². The molecule has 0 aromatic carbocycles. The number of hydrogen-bond donors (Lipinski definition) is 2. The van der Waals surface area contributed by atoms with Crippen LogP contribution in [0.1, 0.15) is 12.6 Å². The zero-order valence-electron chi connectivity index (χ0n) is 12.4. The Bertz CT molecular complexity index is 700. The van der Waals surface area contributed by atoms with Gasteiger partial charge in [0, 0.05) is 6.42 Å². The molecule has 3 rings (SSSR count). The van der Waals surface area contributed by atoms with Crippen molar-refractivity contribution in [3.05, 3.63) is 12.7 Å². The lowest BCUT2D eigenvalue weighted by molar-refractivity contribution is -0.135. The van der Waals surface area contributed by atoms with Crippen LogP contribution in [0.2, 0.25) is 0 Å². The first-order valence-electron chi connectivity index (χ1n) is 6.91. The summed E-state index contributed by atoms with van der Waals surface area (Å²) in [7, 11) is 3.58. The van der Waals surface area contributed by atoms with Crippen LogP contribution in [0.25, 0.3) is 11.2 Å². The highest BCUT2D eigenvalue weighted by molar-refractivity contribution is 5.86. The van der Waals surface area contributed by atoms with E-state index in [1.54, 1.807) is 23.6 Å². The highest BCUT2D eigenvalue weighted by Gasteiger charge is 2.40. The number of nitrogens with zero attached hydrogens (tertiary/aromatic N) is 5. The van der Waals surface area contributed by atoms with Crippen LogP contribution in [0.15, 0.2) is 12.7 Å². The Balaban J connectivity index is 1.84. The summed E-state index contributed by atoms with van der Waals surface area (Å²) in [5.74, 6) is 0.126. The normalized spacial score (nSPS) is 25.2. The monoisotopic (exact) mass is 306 g/mol. The Hall–Kier alpha value is -2.10. The zero-order chi connectivity index (χ0) is 15.9. The van der Waals surface area contributed by atoms with E-state index in [9.17, 15) is 9.90 Å². The highest BCUT2D eigenvalue weighted by atomic mass is 16.5. The quantitative estimate of drug-likeness (QED) is 0.752. The molecule has 0 radical (unpaired) electrons. The fourth-order valence-corrected chi connectivity index (χ4v) is 2.60. The van der Waals surface area contributed by atoms with Gasteiger partial charge in [-0.05, 0) is 14.1 Å². The van der Waals surface area contributed by atoms with Crippen LogP contribution in [0.3, 0.4) is 0 Å². The number of ether oxygens (including phenoxy) is 1. The SMILES string of the molecule is CN(C)CC(=O)[C@H]1O[C@@H](n2cnc3c(N)ncnc32)C[C@@H]1O. The second kappa shape index (κ2) is 5.59. The van der Waals surface area contributed by atoms with Crippen LogP contribution in [-0.2, 0) is 9.53 Å². The number of nitrogens with two attached hydrogens (primary N) is 1. The van der Waals surface area contributed by atoms with Gasteiger partial charge in [0.05, 0.1) is 19.0 Å². The largest absolute Gasteiger partial charge is 0.390 e. The lowest BCUT2D eigenvalue weighted by atomic mass is 10.1. The van der Waals surface area contributed by atoms with Crippen LogP contribution >= 0.6 is 0 Å². The molecule has 0 spiro atoms. The number of hydrogen-bond acceptors (Lipinski definition) is 8. The summed E-state index contributed by atoms with van der Waals surface area (Å²) in [6.45, 7) is 0.217. The van der Waals surface area contributed by atoms with Gasteiger partial charge < -0.3 is 20.5 Å². The minimum Gasteiger partial charge on any atom is -0.390 e. The first-order valence-corrected chi connectivity index (χ1v) is 6.91. The van der Waals surface area contributed by atoms with Gasteiger partial charge in [0.15, 0.2) is 17.2 Å². The third-order valence-corrected chi connectivity index (χ3v) is 3.58. The molecule has 1 aliphatic heterocycles. The van der Waals surface area contributed by atoms with Gasteiger partial charge in [-0.1, -0.05) is 0 Å². The number of Topliss-reactive ketones (excluding diaryl/α,β-unsaturated/α-hetero) is 1. The molecular formula is C13H18N6O3. The topological polar surface area (TPSA) is 119 Å². The number of carbonyl (C=O) groups excluding carboxylic acids is 1. The predicted octanol–water partition coefficient (Wildman–Crippen LogP) is -0.812. The molecule has 0 bridgehead atoms. The fourth-order valence-electron chi connectivity index (χ4n) is 2.60. The molecule has 0 amide bonds. The summed E-state index contributed by atoms with van der Waals surface area (Å²) >= 11 is 0. The maximum atomic E-state index is 12.1. The van der Waals surface area contributed by atoms with Crippen LogP contribution in [0, 0.1) is 0 Å². The molecule has 2 aromatic rings. The number of carbonyl (C=O) groups is 1. The number of rotatable bonds is 4. The number of aromatic nitrogens is 4. The molecule has 9 heteroatoms. The van der Waals surface area contributed by atoms with Crippen molar-refractivity contribution >= 4 is 22.8 Å². The second-order valence-electron chi connectivity index (χ2n) is 5.60. The van der Waals surface area contributed by atoms with Gasteiger partial charge in [0.1, 0.15) is 24.2 Å². The van der Waals surface area contributed by atoms with E-state index in [1.165, 1.54) is 12.7 Å². The average molecular weight is 306 g/mol. The van der Waals surface area contributed by atoms with Crippen molar-refractivity contribution in [3.8, 4) is 0 Å². The Morgan fingerprint density at radius 2 is 2.27 bits per heavy atom. The lowest BCUT2D eigenvalue weighted by Crippen LogP contribution is -2.37. The predicted molar refractivity (Wildman–Crippen MR) is 77.8 cm³/mol. The minimum atomic E-state index is -0.853. The van der Waals surface area contributed by atoms with Gasteiger partial charge in [-0.3, -0.25) is 9.36 Å². The van der Waals surface area contributed by atoms with Crippen molar-refractivity contribution < 1.29 is 14.6 Å². The van der Waals surface area contributed by atoms with E-state index < -0.39 is 18.4 Å². The van der Waals surface area contributed by atoms with Gasteiger partial charge in [0.25, 0.3) is 0 Å². The van der Waals surface area contributed by atoms with E-state index in [-0.39, 0.29) is 18.1 Å². The first-order chi connectivity index (χ1) is 10.5. The van der Waals surface area contributed by atoms with Gasteiger partial charge in [-0.25, -0.2) is 15.0 Å². The van der Waals surface area contributed by atoms with Crippen molar-refractivity contribution in [3.63, 3.8) is 0 Å². The molecule has 0 unspecified atom stereocenters. The first kappa shape index (κ1) is 14.8. The maximum Gasteiger partial charge on any atom is 0.178 e. The average Bonchev–Trinajstić information content (AvgIpc) is 3.02. The number of nitrogen functional groups attached to an aromatic ring is 1. The number of ketones is 1. The second-order valence-corrected chi connectivity index (χ2v) is 5.60. The summed E-state index contributed by atoms with van der Waals surface area (Å²) in [6.07, 6.45) is 0.963. The van der Waals surface area contributed by atoms with Gasteiger partial charge >= 0.3 is 0 Å². The van der Waals surface area contributed by atoms with Crippen LogP contribution in [0.4, 0.5) is 5.82 Å². The lowest BCUT2D eigenvalue weighted by Gasteiger charge is -2.16. The van der Waals surface area contributed by atoms with E-state index in [2.05, 4.69) is 15.0 Å². The van der Waals surface area contributed by atoms with Gasteiger partial charge in [0.2, 0.25) is 0 Å². The Morgan fingerprint density at radius 1 is 1.50 bits per heavy atom. The van der Waals surface area contributed by atoms with E-state index in [1.807, 2.05) is 0 Å². The number of anilines is 1. The Morgan fingerprint density at radius 3 is 3.00 bits per heavy atom. The molecule has 3 atom stereocenters. The molecule has 0 aliphatic carbocycles. The maximum absolute atomic E-state index is 12.1. The smallest absolute Gasteiger partial charge is 0.178 e. The molecule has 1 saturated heterocycles. The highest BCUT2D eigenvalue weighted by Crippen LogP contribution is 2.31. The van der Waals surface area contributed by atoms with E-state index >= 15 is 0 Å². The van der Waals surface area contributed by atoms with Crippen molar-refractivity contribution in [2.45, 2.75) is 24.9 Å². The molecule has 118 valence electrons. The Labute approximate surface area is 126 Å². The van der Waals surface area contributed by atoms with Gasteiger partial charge in [-0.2, -0.15) is 0 Å². The van der Waals surface area contributed by atoms with Crippen LogP contribution in [0.5, 0.6) is 0 Å². The van der Waals surface area contributed by atoms with Gasteiger partial charge in [-0.15, -0.1) is 0 Å². The molecule has 9 nitrogen and oxygen atoms in total. The summed E-state index contributed by atoms with van der Waals surface area (Å²) in [4.78, 5) is 26.0. The van der Waals surface area contributed by atoms with Crippen molar-refractivity contribution in [1.29, 1.82) is 0 Å². The molecule has 0 saturated carbocycles. The third-order valence-electron chi connectivity index (χ3n) is 3.58. The van der Waals surface area contributed by atoms with Crippen molar-refractivity contribution in [2.75, 3.05) is 26.4 Å². The molecule has 22 heavy (non-hydrogen) atoms.